The standard InChI is InChI=1S/C24H30N2O4S2/c1-4-26(3)20-12-10-18(11-13-20)15-31-16-21(23(28)29)25-22(27)17(2)14-32-24(30)19-8-6-5-7-9-19/h5-13,17,21H,4,14-16H2,1-3H3,(H,25,27)(H,28,29)/t17-,21+/m1/s1. The molecule has 2 rings (SSSR count). The van der Waals surface area contributed by atoms with Crippen molar-refractivity contribution in [2.45, 2.75) is 25.6 Å². The SMILES string of the molecule is CCN(C)c1ccc(CSC[C@H](NC(=O)[C@H](C)CSC(=O)c2ccccc2)C(=O)O)cc1. The molecule has 0 fully saturated rings. The Bertz CT molecular complexity index is 891. The molecule has 0 saturated carbocycles. The van der Waals surface area contributed by atoms with Crippen LogP contribution in [0.25, 0.3) is 0 Å². The van der Waals surface area contributed by atoms with Gasteiger partial charge in [-0.2, -0.15) is 11.8 Å². The van der Waals surface area contributed by atoms with Crippen LogP contribution in [0.15, 0.2) is 54.6 Å². The lowest BCUT2D eigenvalue weighted by Gasteiger charge is -2.18. The van der Waals surface area contributed by atoms with Gasteiger partial charge in [-0.3, -0.25) is 9.59 Å². The summed E-state index contributed by atoms with van der Waals surface area (Å²) in [5, 5.41) is 12.0. The van der Waals surface area contributed by atoms with Crippen LogP contribution in [-0.2, 0) is 15.3 Å². The molecule has 0 aliphatic rings. The van der Waals surface area contributed by atoms with E-state index in [9.17, 15) is 19.5 Å². The summed E-state index contributed by atoms with van der Waals surface area (Å²) < 4.78 is 0. The summed E-state index contributed by atoms with van der Waals surface area (Å²) >= 11 is 2.53. The fourth-order valence-corrected chi connectivity index (χ4v) is 4.61. The lowest BCUT2D eigenvalue weighted by atomic mass is 10.2. The molecule has 32 heavy (non-hydrogen) atoms. The minimum atomic E-state index is -1.06. The first-order valence-corrected chi connectivity index (χ1v) is 12.6. The summed E-state index contributed by atoms with van der Waals surface area (Å²) in [7, 11) is 2.03. The van der Waals surface area contributed by atoms with E-state index in [1.807, 2.05) is 37.4 Å². The van der Waals surface area contributed by atoms with Gasteiger partial charge in [-0.1, -0.05) is 61.2 Å². The smallest absolute Gasteiger partial charge is 0.327 e. The number of anilines is 1. The molecule has 0 aliphatic heterocycles. The van der Waals surface area contributed by atoms with E-state index >= 15 is 0 Å². The van der Waals surface area contributed by atoms with Crippen molar-refractivity contribution in [2.24, 2.45) is 5.92 Å². The number of nitrogens with zero attached hydrogens (tertiary/aromatic N) is 1. The summed E-state index contributed by atoms with van der Waals surface area (Å²) in [6.07, 6.45) is 0. The van der Waals surface area contributed by atoms with Crippen LogP contribution in [0.4, 0.5) is 5.69 Å². The second-order valence-electron chi connectivity index (χ2n) is 7.46. The number of carbonyl (C=O) groups is 3. The topological polar surface area (TPSA) is 86.7 Å². The number of hydrogen-bond donors (Lipinski definition) is 2. The molecule has 0 heterocycles. The molecule has 8 heteroatoms. The molecular weight excluding hydrogens is 444 g/mol. The number of benzene rings is 2. The molecule has 0 aromatic heterocycles. The van der Waals surface area contributed by atoms with Gasteiger partial charge >= 0.3 is 5.97 Å². The molecule has 0 radical (unpaired) electrons. The summed E-state index contributed by atoms with van der Waals surface area (Å²) in [4.78, 5) is 38.4. The van der Waals surface area contributed by atoms with E-state index in [2.05, 4.69) is 17.1 Å². The summed E-state index contributed by atoms with van der Waals surface area (Å²) in [5.41, 5.74) is 2.82. The minimum absolute atomic E-state index is 0.105. The van der Waals surface area contributed by atoms with E-state index in [1.165, 1.54) is 11.8 Å². The van der Waals surface area contributed by atoms with Crippen LogP contribution < -0.4 is 10.2 Å². The van der Waals surface area contributed by atoms with Gasteiger partial charge in [0.1, 0.15) is 6.04 Å². The van der Waals surface area contributed by atoms with E-state index in [-0.39, 0.29) is 22.5 Å². The Balaban J connectivity index is 1.79. The van der Waals surface area contributed by atoms with Gasteiger partial charge in [-0.05, 0) is 24.6 Å². The molecule has 2 atom stereocenters. The lowest BCUT2D eigenvalue weighted by Crippen LogP contribution is -2.45. The number of aliphatic carboxylic acids is 1. The molecular formula is C24H30N2O4S2. The first-order valence-electron chi connectivity index (χ1n) is 10.4. The van der Waals surface area contributed by atoms with Gasteiger partial charge < -0.3 is 15.3 Å². The van der Waals surface area contributed by atoms with Crippen molar-refractivity contribution in [3.8, 4) is 0 Å². The Labute approximate surface area is 198 Å². The third kappa shape index (κ3) is 8.24. The third-order valence-electron chi connectivity index (χ3n) is 4.94. The molecule has 0 bridgehead atoms. The number of thioether (sulfide) groups is 2. The van der Waals surface area contributed by atoms with E-state index in [4.69, 9.17) is 0 Å². The zero-order chi connectivity index (χ0) is 23.5. The van der Waals surface area contributed by atoms with Crippen molar-refractivity contribution in [1.82, 2.24) is 5.32 Å². The molecule has 0 unspecified atom stereocenters. The van der Waals surface area contributed by atoms with Crippen LogP contribution >= 0.6 is 23.5 Å². The molecule has 0 saturated heterocycles. The highest BCUT2D eigenvalue weighted by molar-refractivity contribution is 8.14. The van der Waals surface area contributed by atoms with E-state index in [0.717, 1.165) is 29.6 Å². The summed E-state index contributed by atoms with van der Waals surface area (Å²) in [5.74, 6) is -0.697. The molecule has 1 amide bonds. The van der Waals surface area contributed by atoms with Gasteiger partial charge in [0.15, 0.2) is 0 Å². The first kappa shape index (κ1) is 25.8. The first-order chi connectivity index (χ1) is 15.3. The maximum absolute atomic E-state index is 12.5. The van der Waals surface area contributed by atoms with Crippen LogP contribution in [0.5, 0.6) is 0 Å². The number of amides is 1. The van der Waals surface area contributed by atoms with Crippen LogP contribution in [0.3, 0.4) is 0 Å². The summed E-state index contributed by atoms with van der Waals surface area (Å²) in [6.45, 7) is 4.71. The molecule has 0 spiro atoms. The highest BCUT2D eigenvalue weighted by atomic mass is 32.2. The zero-order valence-electron chi connectivity index (χ0n) is 18.6. The van der Waals surface area contributed by atoms with E-state index < -0.39 is 17.9 Å². The Kier molecular flexibility index (Phi) is 10.6. The van der Waals surface area contributed by atoms with Crippen molar-refractivity contribution in [3.63, 3.8) is 0 Å². The molecule has 6 nitrogen and oxygen atoms in total. The van der Waals surface area contributed by atoms with Gasteiger partial charge in [0.2, 0.25) is 11.0 Å². The highest BCUT2D eigenvalue weighted by Crippen LogP contribution is 2.19. The normalized spacial score (nSPS) is 12.6. The second kappa shape index (κ2) is 13.2. The van der Waals surface area contributed by atoms with Gasteiger partial charge in [0, 0.05) is 48.0 Å². The van der Waals surface area contributed by atoms with Gasteiger partial charge in [0.25, 0.3) is 0 Å². The monoisotopic (exact) mass is 474 g/mol. The Hall–Kier alpha value is -2.45. The van der Waals surface area contributed by atoms with Crippen LogP contribution in [-0.4, -0.2) is 53.2 Å². The number of nitrogens with one attached hydrogen (secondary N) is 1. The Morgan fingerprint density at radius 2 is 1.69 bits per heavy atom. The summed E-state index contributed by atoms with van der Waals surface area (Å²) in [6, 6.07) is 16.1. The second-order valence-corrected chi connectivity index (χ2v) is 9.48. The van der Waals surface area contributed by atoms with Crippen molar-refractivity contribution in [2.75, 3.05) is 30.0 Å². The Morgan fingerprint density at radius 1 is 1.03 bits per heavy atom. The molecule has 2 aromatic carbocycles. The van der Waals surface area contributed by atoms with Crippen molar-refractivity contribution in [1.29, 1.82) is 0 Å². The quantitative estimate of drug-likeness (QED) is 0.478. The number of hydrogen-bond acceptors (Lipinski definition) is 6. The maximum Gasteiger partial charge on any atom is 0.327 e. The highest BCUT2D eigenvalue weighted by Gasteiger charge is 2.23. The van der Waals surface area contributed by atoms with Crippen LogP contribution in [0.2, 0.25) is 0 Å². The van der Waals surface area contributed by atoms with Crippen LogP contribution in [0, 0.1) is 5.92 Å². The predicted molar refractivity (Wildman–Crippen MR) is 134 cm³/mol. The van der Waals surface area contributed by atoms with Gasteiger partial charge in [-0.15, -0.1) is 0 Å². The zero-order valence-corrected chi connectivity index (χ0v) is 20.2. The minimum Gasteiger partial charge on any atom is -0.480 e. The van der Waals surface area contributed by atoms with Gasteiger partial charge in [0.05, 0.1) is 0 Å². The fraction of sp³-hybridized carbons (Fsp3) is 0.375. The Morgan fingerprint density at radius 3 is 2.28 bits per heavy atom. The largest absolute Gasteiger partial charge is 0.480 e. The van der Waals surface area contributed by atoms with Gasteiger partial charge in [-0.25, -0.2) is 4.79 Å². The number of carboxylic acids is 1. The average Bonchev–Trinajstić information content (AvgIpc) is 2.81. The number of carbonyl (C=O) groups excluding carboxylic acids is 2. The van der Waals surface area contributed by atoms with E-state index in [0.29, 0.717) is 11.3 Å². The fourth-order valence-electron chi connectivity index (χ4n) is 2.75. The lowest BCUT2D eigenvalue weighted by molar-refractivity contribution is -0.141. The van der Waals surface area contributed by atoms with Crippen molar-refractivity contribution >= 4 is 46.2 Å². The number of carboxylic acid groups (broad SMARTS) is 1. The van der Waals surface area contributed by atoms with Crippen molar-refractivity contribution < 1.29 is 19.5 Å². The molecule has 2 N–H and O–H groups in total. The average molecular weight is 475 g/mol. The van der Waals surface area contributed by atoms with Crippen LogP contribution in [0.1, 0.15) is 29.8 Å². The molecule has 0 aliphatic carbocycles. The maximum atomic E-state index is 12.5. The molecule has 172 valence electrons. The molecule has 2 aromatic rings. The van der Waals surface area contributed by atoms with Crippen molar-refractivity contribution in [3.05, 3.63) is 65.7 Å². The van der Waals surface area contributed by atoms with E-state index in [1.54, 1.807) is 31.2 Å². The number of rotatable bonds is 12. The predicted octanol–water partition coefficient (Wildman–Crippen LogP) is 4.16. The third-order valence-corrected chi connectivity index (χ3v) is 7.21.